The van der Waals surface area contributed by atoms with Gasteiger partial charge in [0, 0.05) is 56.6 Å². The Balaban J connectivity index is 1.83. The third-order valence-corrected chi connectivity index (χ3v) is 6.14. The normalized spacial score (nSPS) is 22.6. The number of benzene rings is 2. The van der Waals surface area contributed by atoms with Crippen LogP contribution in [-0.4, -0.2) is 54.6 Å². The summed E-state index contributed by atoms with van der Waals surface area (Å²) in [4.78, 5) is 40.3. The number of carbonyl (C=O) groups is 2. The van der Waals surface area contributed by atoms with Gasteiger partial charge in [0.25, 0.3) is 5.69 Å². The lowest BCUT2D eigenvalue weighted by atomic mass is 9.69. The molecule has 0 saturated carbocycles. The summed E-state index contributed by atoms with van der Waals surface area (Å²) < 4.78 is 0. The largest absolute Gasteiger partial charge is 0.480 e. The third kappa shape index (κ3) is 2.94. The molecule has 2 aliphatic heterocycles. The number of amides is 1. The highest BCUT2D eigenvalue weighted by molar-refractivity contribution is 6.04. The highest BCUT2D eigenvalue weighted by atomic mass is 16.6. The third-order valence-electron chi connectivity index (χ3n) is 6.14. The van der Waals surface area contributed by atoms with Crippen LogP contribution in [0.4, 0.5) is 17.1 Å². The second-order valence-corrected chi connectivity index (χ2v) is 7.59. The van der Waals surface area contributed by atoms with Gasteiger partial charge in [-0.3, -0.25) is 19.7 Å². The molecule has 2 atom stereocenters. The van der Waals surface area contributed by atoms with Gasteiger partial charge >= 0.3 is 5.97 Å². The molecule has 2 aromatic carbocycles. The van der Waals surface area contributed by atoms with Crippen molar-refractivity contribution in [1.82, 2.24) is 5.32 Å². The van der Waals surface area contributed by atoms with Crippen LogP contribution < -0.4 is 15.1 Å². The number of rotatable bonds is 4. The van der Waals surface area contributed by atoms with Crippen LogP contribution in [0.15, 0.2) is 48.5 Å². The molecule has 1 fully saturated rings. The van der Waals surface area contributed by atoms with E-state index < -0.39 is 28.3 Å². The van der Waals surface area contributed by atoms with E-state index in [9.17, 15) is 24.8 Å². The smallest absolute Gasteiger partial charge is 0.321 e. The van der Waals surface area contributed by atoms with E-state index in [0.29, 0.717) is 25.2 Å². The molecule has 0 radical (unpaired) electrons. The molecule has 2 N–H and O–H groups in total. The van der Waals surface area contributed by atoms with Crippen LogP contribution in [0.3, 0.4) is 0 Å². The van der Waals surface area contributed by atoms with E-state index in [1.54, 1.807) is 6.07 Å². The second-order valence-electron chi connectivity index (χ2n) is 7.59. The Morgan fingerprint density at radius 1 is 1.20 bits per heavy atom. The molecule has 0 spiro atoms. The SMILES string of the molecule is CNC(=O)[C@]1(C(=O)O)Cc2cc([N+](=O)[O-])ccc2N2CCN(c3ccccc3)C[C@H]21. The highest BCUT2D eigenvalue weighted by Crippen LogP contribution is 2.45. The quantitative estimate of drug-likeness (QED) is 0.447. The maximum absolute atomic E-state index is 13.0. The molecule has 1 amide bonds. The Morgan fingerprint density at radius 3 is 2.57 bits per heavy atom. The Bertz CT molecular complexity index is 1010. The first-order valence-electron chi connectivity index (χ1n) is 9.68. The van der Waals surface area contributed by atoms with Crippen molar-refractivity contribution in [3.63, 3.8) is 0 Å². The number of fused-ring (bicyclic) bond motifs is 3. The van der Waals surface area contributed by atoms with E-state index in [2.05, 4.69) is 10.2 Å². The lowest BCUT2D eigenvalue weighted by Gasteiger charge is -2.53. The van der Waals surface area contributed by atoms with Gasteiger partial charge in [-0.05, 0) is 23.8 Å². The first kappa shape index (κ1) is 19.7. The van der Waals surface area contributed by atoms with E-state index >= 15 is 0 Å². The number of aliphatic carboxylic acids is 1. The molecule has 4 rings (SSSR count). The Morgan fingerprint density at radius 2 is 1.93 bits per heavy atom. The molecular formula is C21H22N4O5. The molecule has 30 heavy (non-hydrogen) atoms. The number of hydrogen-bond donors (Lipinski definition) is 2. The zero-order chi connectivity index (χ0) is 21.5. The number of para-hydroxylation sites is 1. The number of hydrogen-bond acceptors (Lipinski definition) is 6. The molecule has 9 nitrogen and oxygen atoms in total. The fourth-order valence-corrected chi connectivity index (χ4v) is 4.66. The first-order chi connectivity index (χ1) is 14.4. The van der Waals surface area contributed by atoms with Gasteiger partial charge in [-0.1, -0.05) is 18.2 Å². The summed E-state index contributed by atoms with van der Waals surface area (Å²) in [6, 6.07) is 13.5. The number of carboxylic acids is 1. The minimum absolute atomic E-state index is 0.108. The van der Waals surface area contributed by atoms with Crippen LogP contribution in [0.5, 0.6) is 0 Å². The molecule has 0 bridgehead atoms. The van der Waals surface area contributed by atoms with Crippen LogP contribution in [0.1, 0.15) is 5.56 Å². The summed E-state index contributed by atoms with van der Waals surface area (Å²) in [5.41, 5.74) is 0.331. The van der Waals surface area contributed by atoms with E-state index in [1.165, 1.54) is 19.2 Å². The highest BCUT2D eigenvalue weighted by Gasteiger charge is 2.58. The number of nitrogens with zero attached hydrogens (tertiary/aromatic N) is 3. The topological polar surface area (TPSA) is 116 Å². The van der Waals surface area contributed by atoms with Crippen molar-refractivity contribution in [2.75, 3.05) is 36.5 Å². The molecule has 156 valence electrons. The van der Waals surface area contributed by atoms with Crippen molar-refractivity contribution in [1.29, 1.82) is 0 Å². The van der Waals surface area contributed by atoms with Crippen molar-refractivity contribution in [2.45, 2.75) is 12.5 Å². The average Bonchev–Trinajstić information content (AvgIpc) is 2.77. The average molecular weight is 410 g/mol. The fourth-order valence-electron chi connectivity index (χ4n) is 4.66. The fraction of sp³-hybridized carbons (Fsp3) is 0.333. The van der Waals surface area contributed by atoms with E-state index in [1.807, 2.05) is 35.2 Å². The molecule has 0 unspecified atom stereocenters. The maximum Gasteiger partial charge on any atom is 0.321 e. The Labute approximate surface area is 173 Å². The van der Waals surface area contributed by atoms with Crippen LogP contribution >= 0.6 is 0 Å². The molecule has 2 heterocycles. The van der Waals surface area contributed by atoms with Crippen molar-refractivity contribution < 1.29 is 19.6 Å². The van der Waals surface area contributed by atoms with Crippen molar-refractivity contribution in [2.24, 2.45) is 5.41 Å². The van der Waals surface area contributed by atoms with Crippen molar-refractivity contribution >= 4 is 28.9 Å². The van der Waals surface area contributed by atoms with Gasteiger partial charge in [0.05, 0.1) is 11.0 Å². The maximum atomic E-state index is 13.0. The van der Waals surface area contributed by atoms with Gasteiger partial charge in [0.1, 0.15) is 0 Å². The predicted molar refractivity (Wildman–Crippen MR) is 111 cm³/mol. The zero-order valence-electron chi connectivity index (χ0n) is 16.4. The number of nitro groups is 1. The lowest BCUT2D eigenvalue weighted by molar-refractivity contribution is -0.384. The van der Waals surface area contributed by atoms with E-state index in [4.69, 9.17) is 0 Å². The van der Waals surface area contributed by atoms with Crippen molar-refractivity contribution in [3.05, 3.63) is 64.2 Å². The first-order valence-corrected chi connectivity index (χ1v) is 9.68. The summed E-state index contributed by atoms with van der Waals surface area (Å²) >= 11 is 0. The van der Waals surface area contributed by atoms with Crippen LogP contribution in [0.2, 0.25) is 0 Å². The number of carboxylic acid groups (broad SMARTS) is 1. The molecule has 9 heteroatoms. The van der Waals surface area contributed by atoms with E-state index in [-0.39, 0.29) is 12.1 Å². The number of non-ortho nitro benzene ring substituents is 1. The van der Waals surface area contributed by atoms with Crippen LogP contribution in [0.25, 0.3) is 0 Å². The molecular weight excluding hydrogens is 388 g/mol. The minimum atomic E-state index is -1.76. The van der Waals surface area contributed by atoms with E-state index in [0.717, 1.165) is 11.4 Å². The number of anilines is 2. The Hall–Kier alpha value is -3.62. The number of carbonyl (C=O) groups excluding carboxylic acids is 1. The van der Waals surface area contributed by atoms with Gasteiger partial charge in [-0.15, -0.1) is 0 Å². The second kappa shape index (κ2) is 7.33. The molecule has 2 aromatic rings. The summed E-state index contributed by atoms with van der Waals surface area (Å²) in [5.74, 6) is -1.83. The summed E-state index contributed by atoms with van der Waals surface area (Å²) in [7, 11) is 1.41. The standard InChI is InChI=1S/C21H22N4O5/c1-22-19(26)21(20(27)28)12-14-11-16(25(29)30)7-8-17(14)24-10-9-23(13-18(21)24)15-5-3-2-4-6-15/h2-8,11,18H,9-10,12-13H2,1H3,(H,22,26)(H,27,28)/t18-,21-/m0/s1. The zero-order valence-corrected chi connectivity index (χ0v) is 16.4. The number of nitro benzene ring substituents is 1. The summed E-state index contributed by atoms with van der Waals surface area (Å²) in [6.45, 7) is 1.48. The van der Waals surface area contributed by atoms with Crippen LogP contribution in [0, 0.1) is 15.5 Å². The van der Waals surface area contributed by atoms with Gasteiger partial charge < -0.3 is 20.2 Å². The van der Waals surface area contributed by atoms with Crippen molar-refractivity contribution in [3.8, 4) is 0 Å². The minimum Gasteiger partial charge on any atom is -0.480 e. The molecule has 2 aliphatic rings. The summed E-state index contributed by atoms with van der Waals surface area (Å²) in [5, 5.41) is 24.0. The summed E-state index contributed by atoms with van der Waals surface area (Å²) in [6.07, 6.45) is -0.108. The molecule has 1 saturated heterocycles. The van der Waals surface area contributed by atoms with Gasteiger partial charge in [-0.25, -0.2) is 0 Å². The Kier molecular flexibility index (Phi) is 4.81. The van der Waals surface area contributed by atoms with Crippen LogP contribution in [-0.2, 0) is 16.0 Å². The lowest BCUT2D eigenvalue weighted by Crippen LogP contribution is -2.69. The van der Waals surface area contributed by atoms with Gasteiger partial charge in [-0.2, -0.15) is 0 Å². The van der Waals surface area contributed by atoms with Gasteiger partial charge in [0.2, 0.25) is 5.91 Å². The molecule has 0 aliphatic carbocycles. The monoisotopic (exact) mass is 410 g/mol. The number of nitrogens with one attached hydrogen (secondary N) is 1. The number of piperazine rings is 1. The van der Waals surface area contributed by atoms with Gasteiger partial charge in [0.15, 0.2) is 5.41 Å². The molecule has 0 aromatic heterocycles. The predicted octanol–water partition coefficient (Wildman–Crippen LogP) is 1.66.